The number of hydrogen-bond acceptors (Lipinski definition) is 8. The maximum absolute atomic E-state index is 3.10. The molecule has 38 heavy (non-hydrogen) atoms. The number of nitrogens with one attached hydrogen (secondary N) is 8. The van der Waals surface area contributed by atoms with Crippen molar-refractivity contribution in [3.05, 3.63) is 74.0 Å². The van der Waals surface area contributed by atoms with Crippen LogP contribution in [-0.4, -0.2) is 33.0 Å². The average molecular weight is 541 g/mol. The van der Waals surface area contributed by atoms with Crippen LogP contribution in [-0.2, 0) is 0 Å². The van der Waals surface area contributed by atoms with Crippen LogP contribution in [0.1, 0.15) is 89.9 Å². The molecule has 0 atom stereocenters. The summed E-state index contributed by atoms with van der Waals surface area (Å²) in [4.78, 5) is 0. The summed E-state index contributed by atoms with van der Waals surface area (Å²) < 4.78 is 0. The predicted molar refractivity (Wildman–Crippen MR) is 177 cm³/mol. The molecule has 5 aliphatic rings. The third-order valence-corrected chi connectivity index (χ3v) is 3.42. The highest BCUT2D eigenvalue weighted by Gasteiger charge is 1.85. The van der Waals surface area contributed by atoms with Gasteiger partial charge in [0.15, 0.2) is 0 Å². The van der Waals surface area contributed by atoms with Crippen molar-refractivity contribution in [1.29, 1.82) is 0 Å². The molecule has 0 spiro atoms. The van der Waals surface area contributed by atoms with Crippen LogP contribution in [0.2, 0.25) is 0 Å². The summed E-state index contributed by atoms with van der Waals surface area (Å²) in [5.41, 5.74) is 0. The Morgan fingerprint density at radius 1 is 0.421 bits per heavy atom. The Labute approximate surface area is 239 Å². The molecule has 8 nitrogen and oxygen atoms in total. The van der Waals surface area contributed by atoms with Crippen LogP contribution in [0.25, 0.3) is 0 Å². The Kier molecular flexibility index (Phi) is 70.1. The molecule has 5 rings (SSSR count). The highest BCUT2D eigenvalue weighted by Crippen LogP contribution is 1.91. The zero-order valence-corrected chi connectivity index (χ0v) is 26.6. The van der Waals surface area contributed by atoms with Gasteiger partial charge < -0.3 is 37.2 Å². The topological polar surface area (TPSA) is 96.2 Å². The molecule has 8 heteroatoms. The van der Waals surface area contributed by atoms with Gasteiger partial charge in [0.25, 0.3) is 0 Å². The number of allylic oxidation sites excluding steroid dienone is 1. The summed E-state index contributed by atoms with van der Waals surface area (Å²) in [7, 11) is 0. The molecule has 228 valence electrons. The van der Waals surface area contributed by atoms with Gasteiger partial charge in [-0.2, -0.15) is 0 Å². The highest BCUT2D eigenvalue weighted by atomic mass is 15.1. The van der Waals surface area contributed by atoms with E-state index in [0.717, 1.165) is 33.0 Å². The van der Waals surface area contributed by atoms with Crippen molar-refractivity contribution in [3.63, 3.8) is 0 Å². The average Bonchev–Trinajstić information content (AvgIpc) is 3.86. The van der Waals surface area contributed by atoms with Crippen molar-refractivity contribution in [3.8, 4) is 0 Å². The smallest absolute Gasteiger partial charge is 0.0840 e. The van der Waals surface area contributed by atoms with E-state index in [4.69, 9.17) is 0 Å². The van der Waals surface area contributed by atoms with Gasteiger partial charge in [-0.3, -0.25) is 5.32 Å². The molecule has 0 saturated carbocycles. The van der Waals surface area contributed by atoms with Crippen LogP contribution in [0.3, 0.4) is 0 Å². The fourth-order valence-corrected chi connectivity index (χ4v) is 2.02. The van der Waals surface area contributed by atoms with Gasteiger partial charge in [0.1, 0.15) is 0 Å². The normalized spacial score (nSPS) is 14.5. The summed E-state index contributed by atoms with van der Waals surface area (Å²) in [6.45, 7) is 25.1. The highest BCUT2D eigenvalue weighted by molar-refractivity contribution is 4.95. The zero-order chi connectivity index (χ0) is 29.8. The van der Waals surface area contributed by atoms with Gasteiger partial charge in [-0.15, -0.1) is 0 Å². The Hall–Kier alpha value is -3.00. The molecule has 0 aromatic carbocycles. The van der Waals surface area contributed by atoms with Crippen LogP contribution in [0.15, 0.2) is 74.0 Å². The van der Waals surface area contributed by atoms with E-state index in [9.17, 15) is 0 Å². The van der Waals surface area contributed by atoms with Crippen molar-refractivity contribution >= 4 is 0 Å². The summed E-state index contributed by atoms with van der Waals surface area (Å²) in [5.74, 6) is 0. The molecule has 0 bridgehead atoms. The lowest BCUT2D eigenvalue weighted by molar-refractivity contribution is 0.669. The fraction of sp³-hybridized carbons (Fsp3) is 0.600. The maximum atomic E-state index is 3.10. The van der Waals surface area contributed by atoms with Gasteiger partial charge in [-0.1, -0.05) is 87.5 Å². The van der Waals surface area contributed by atoms with Crippen molar-refractivity contribution in [2.24, 2.45) is 0 Å². The SMILES string of the molecule is C1=CNC=CN1.C1=CNCC1.C1=CNCCC1.C1=CNCN1.C1=CNCNC1.CC.CC.CC.CC.CC.[HH]. The monoisotopic (exact) mass is 541 g/mol. The molecule has 0 radical (unpaired) electrons. The Balaban J connectivity index is -0.0000000804. The lowest BCUT2D eigenvalue weighted by atomic mass is 10.2. The van der Waals surface area contributed by atoms with E-state index in [1.165, 1.54) is 19.3 Å². The Morgan fingerprint density at radius 3 is 1.00 bits per heavy atom. The molecule has 5 aliphatic heterocycles. The van der Waals surface area contributed by atoms with Gasteiger partial charge in [-0.25, -0.2) is 0 Å². The van der Waals surface area contributed by atoms with E-state index in [0.29, 0.717) is 0 Å². The fourth-order valence-electron chi connectivity index (χ4n) is 2.02. The molecule has 5 heterocycles. The van der Waals surface area contributed by atoms with E-state index in [2.05, 4.69) is 54.7 Å². The zero-order valence-electron chi connectivity index (χ0n) is 26.6. The lowest BCUT2D eigenvalue weighted by Gasteiger charge is -2.05. The molecule has 0 amide bonds. The largest absolute Gasteiger partial charge is 0.391 e. The molecule has 0 fully saturated rings. The molecule has 0 aliphatic carbocycles. The van der Waals surface area contributed by atoms with Crippen LogP contribution in [0, 0.1) is 0 Å². The molecule has 8 N–H and O–H groups in total. The van der Waals surface area contributed by atoms with E-state index < -0.39 is 0 Å². The quantitative estimate of drug-likeness (QED) is 0.186. The van der Waals surface area contributed by atoms with Crippen LogP contribution in [0.5, 0.6) is 0 Å². The number of rotatable bonds is 0. The maximum Gasteiger partial charge on any atom is 0.0840 e. The molecular formula is C30H68N8. The third kappa shape index (κ3) is 54.1. The lowest BCUT2D eigenvalue weighted by Crippen LogP contribution is -2.29. The van der Waals surface area contributed by atoms with Gasteiger partial charge in [0, 0.05) is 58.3 Å². The molecule has 0 saturated heterocycles. The van der Waals surface area contributed by atoms with Crippen molar-refractivity contribution in [1.82, 2.24) is 42.5 Å². The molecule has 0 unspecified atom stereocenters. The van der Waals surface area contributed by atoms with Crippen molar-refractivity contribution in [2.75, 3.05) is 33.0 Å². The van der Waals surface area contributed by atoms with Crippen molar-refractivity contribution < 1.29 is 1.43 Å². The molecule has 0 aromatic rings. The minimum atomic E-state index is 0. The summed E-state index contributed by atoms with van der Waals surface area (Å²) >= 11 is 0. The van der Waals surface area contributed by atoms with Crippen LogP contribution in [0.4, 0.5) is 0 Å². The number of hydrogen-bond donors (Lipinski definition) is 8. The summed E-state index contributed by atoms with van der Waals surface area (Å²) in [5, 5.41) is 23.8. The Morgan fingerprint density at radius 2 is 0.868 bits per heavy atom. The predicted octanol–water partition coefficient (Wildman–Crippen LogP) is 6.13. The second kappa shape index (κ2) is 59.2. The van der Waals surface area contributed by atoms with Crippen LogP contribution < -0.4 is 42.5 Å². The van der Waals surface area contributed by atoms with E-state index in [1.807, 2.05) is 131 Å². The van der Waals surface area contributed by atoms with Gasteiger partial charge in [0.2, 0.25) is 0 Å². The minimum Gasteiger partial charge on any atom is -0.391 e. The minimum absolute atomic E-state index is 0. The van der Waals surface area contributed by atoms with Gasteiger partial charge >= 0.3 is 0 Å². The van der Waals surface area contributed by atoms with Gasteiger partial charge in [0.05, 0.1) is 13.3 Å². The first-order valence-corrected chi connectivity index (χ1v) is 14.8. The second-order valence-corrected chi connectivity index (χ2v) is 5.80. The first kappa shape index (κ1) is 45.0. The molecular weight excluding hydrogens is 472 g/mol. The van der Waals surface area contributed by atoms with Crippen molar-refractivity contribution in [2.45, 2.75) is 88.5 Å². The van der Waals surface area contributed by atoms with E-state index in [-0.39, 0.29) is 1.43 Å². The second-order valence-electron chi connectivity index (χ2n) is 5.80. The van der Waals surface area contributed by atoms with E-state index in [1.54, 1.807) is 0 Å². The summed E-state index contributed by atoms with van der Waals surface area (Å²) in [6, 6.07) is 0. The first-order chi connectivity index (χ1) is 19.0. The van der Waals surface area contributed by atoms with E-state index >= 15 is 0 Å². The van der Waals surface area contributed by atoms with Crippen LogP contribution >= 0.6 is 0 Å². The first-order valence-electron chi connectivity index (χ1n) is 14.8. The standard InChI is InChI=1S/C5H9N.C4H6N2.C4H8N2.C4H7N.C3H6N2.5C2H6.H2/c1-2-4-6-5-3-1;1-2-6-4-3-5-1;1-2-5-4-6-3-1;1-2-4-5-3-1;1-2-5-3-4-1;5*1-2;/h2,4,6H,1,3,5H2;1-6H;1-2,5-6H,3-4H2;1,3,5H,2,4H2;1-2,4-5H,3H2;5*1-2H3;1H. The third-order valence-electron chi connectivity index (χ3n) is 3.42. The Bertz CT molecular complexity index is 433. The molecule has 0 aromatic heterocycles. The van der Waals surface area contributed by atoms with Gasteiger partial charge in [-0.05, 0) is 37.9 Å². The summed E-state index contributed by atoms with van der Waals surface area (Å²) in [6.07, 6.45) is 27.1.